The number of amides is 1. The molecule has 1 aliphatic heterocycles. The lowest BCUT2D eigenvalue weighted by Gasteiger charge is -2.26. The van der Waals surface area contributed by atoms with Gasteiger partial charge in [0.1, 0.15) is 0 Å². The van der Waals surface area contributed by atoms with Crippen molar-refractivity contribution in [3.63, 3.8) is 0 Å². The topological polar surface area (TPSA) is 104 Å². The van der Waals surface area contributed by atoms with Crippen LogP contribution in [0.25, 0.3) is 0 Å². The molecule has 34 heavy (non-hydrogen) atoms. The number of benzene rings is 2. The number of hydrogen-bond donors (Lipinski definition) is 1. The van der Waals surface area contributed by atoms with Crippen LogP contribution in [0.4, 0.5) is 11.4 Å². The van der Waals surface area contributed by atoms with Gasteiger partial charge in [0.25, 0.3) is 0 Å². The zero-order chi connectivity index (χ0) is 24.9. The van der Waals surface area contributed by atoms with Gasteiger partial charge >= 0.3 is 0 Å². The first-order valence-electron chi connectivity index (χ1n) is 11.4. The average Bonchev–Trinajstić information content (AvgIpc) is 2.79. The summed E-state index contributed by atoms with van der Waals surface area (Å²) in [4.78, 5) is 12.6. The van der Waals surface area contributed by atoms with Crippen LogP contribution in [0.3, 0.4) is 0 Å². The molecule has 1 aliphatic rings. The summed E-state index contributed by atoms with van der Waals surface area (Å²) in [5.41, 5.74) is 3.00. The second-order valence-corrected chi connectivity index (χ2v) is 12.5. The van der Waals surface area contributed by atoms with Crippen molar-refractivity contribution in [2.75, 3.05) is 35.5 Å². The van der Waals surface area contributed by atoms with Crippen LogP contribution in [0.15, 0.2) is 47.4 Å². The van der Waals surface area contributed by atoms with E-state index in [2.05, 4.69) is 5.32 Å². The van der Waals surface area contributed by atoms with Crippen LogP contribution in [0.2, 0.25) is 0 Å². The van der Waals surface area contributed by atoms with Gasteiger partial charge in [-0.05, 0) is 74.6 Å². The Morgan fingerprint density at radius 1 is 0.971 bits per heavy atom. The Balaban J connectivity index is 1.58. The number of nitrogens with one attached hydrogen (secondary N) is 1. The first-order chi connectivity index (χ1) is 16.0. The third-order valence-electron chi connectivity index (χ3n) is 6.10. The quantitative estimate of drug-likeness (QED) is 0.558. The van der Waals surface area contributed by atoms with Crippen LogP contribution in [-0.4, -0.2) is 52.9 Å². The van der Waals surface area contributed by atoms with Crippen molar-refractivity contribution < 1.29 is 21.6 Å². The Kier molecular flexibility index (Phi) is 8.38. The summed E-state index contributed by atoms with van der Waals surface area (Å²) in [5.74, 6) is -0.263. The van der Waals surface area contributed by atoms with Crippen molar-refractivity contribution >= 4 is 37.3 Å². The average molecular weight is 508 g/mol. The highest BCUT2D eigenvalue weighted by Crippen LogP contribution is 2.26. The third-order valence-corrected chi connectivity index (χ3v) is 9.19. The van der Waals surface area contributed by atoms with E-state index >= 15 is 0 Å². The molecule has 0 saturated carbocycles. The van der Waals surface area contributed by atoms with Crippen LogP contribution < -0.4 is 9.62 Å². The summed E-state index contributed by atoms with van der Waals surface area (Å²) in [6, 6.07) is 11.7. The summed E-state index contributed by atoms with van der Waals surface area (Å²) >= 11 is 0. The van der Waals surface area contributed by atoms with Crippen molar-refractivity contribution in [3.05, 3.63) is 53.6 Å². The number of aryl methyl sites for hydroxylation is 1. The molecule has 2 aromatic carbocycles. The fraction of sp³-hybridized carbons (Fsp3) is 0.458. The molecular formula is C24H33N3O5S2. The highest BCUT2D eigenvalue weighted by atomic mass is 32.2. The van der Waals surface area contributed by atoms with Gasteiger partial charge in [-0.2, -0.15) is 4.31 Å². The molecule has 0 bridgehead atoms. The Bertz CT molecular complexity index is 1220. The zero-order valence-electron chi connectivity index (χ0n) is 20.0. The minimum Gasteiger partial charge on any atom is -0.326 e. The van der Waals surface area contributed by atoms with E-state index < -0.39 is 20.0 Å². The number of carbonyl (C=O) groups excluding carboxylic acids is 1. The summed E-state index contributed by atoms with van der Waals surface area (Å²) in [5, 5.41) is 2.76. The monoisotopic (exact) mass is 507 g/mol. The molecule has 0 radical (unpaired) electrons. The van der Waals surface area contributed by atoms with E-state index in [9.17, 15) is 21.6 Å². The second kappa shape index (κ2) is 10.9. The Labute approximate surface area is 203 Å². The molecule has 186 valence electrons. The summed E-state index contributed by atoms with van der Waals surface area (Å²) in [6.45, 7) is 5.06. The lowest BCUT2D eigenvalue weighted by Crippen LogP contribution is -2.35. The molecule has 10 heteroatoms. The normalized spacial score (nSPS) is 15.1. The van der Waals surface area contributed by atoms with Crippen LogP contribution in [0.5, 0.6) is 0 Å². The van der Waals surface area contributed by atoms with Gasteiger partial charge in [0.2, 0.25) is 26.0 Å². The van der Waals surface area contributed by atoms with E-state index in [1.54, 1.807) is 18.2 Å². The minimum absolute atomic E-state index is 0.130. The Morgan fingerprint density at radius 2 is 1.62 bits per heavy atom. The van der Waals surface area contributed by atoms with Crippen molar-refractivity contribution in [2.45, 2.75) is 50.8 Å². The summed E-state index contributed by atoms with van der Waals surface area (Å²) < 4.78 is 53.1. The SMILES string of the molecule is Cc1cccc(N(CCCC(=O)Nc2ccc(S(=O)(=O)N3CCCCC3)cc2)S(C)(=O)=O)c1C. The number of hydrogen-bond acceptors (Lipinski definition) is 5. The van der Waals surface area contributed by atoms with Crippen LogP contribution >= 0.6 is 0 Å². The van der Waals surface area contributed by atoms with Gasteiger partial charge in [0.15, 0.2) is 0 Å². The highest BCUT2D eigenvalue weighted by Gasteiger charge is 2.26. The molecule has 2 aromatic rings. The number of rotatable bonds is 9. The van der Waals surface area contributed by atoms with Gasteiger partial charge in [-0.15, -0.1) is 0 Å². The van der Waals surface area contributed by atoms with E-state index in [1.165, 1.54) is 20.7 Å². The Morgan fingerprint density at radius 3 is 2.24 bits per heavy atom. The molecule has 0 spiro atoms. The molecule has 0 aliphatic carbocycles. The standard InChI is InChI=1S/C24H33N3O5S2/c1-19-9-7-10-23(20(19)2)27(33(3,29)30)18-8-11-24(28)25-21-12-14-22(15-13-21)34(31,32)26-16-5-4-6-17-26/h7,9-10,12-15H,4-6,8,11,16-18H2,1-3H3,(H,25,28). The molecule has 1 saturated heterocycles. The number of nitrogens with zero attached hydrogens (tertiary/aromatic N) is 2. The van der Waals surface area contributed by atoms with Gasteiger partial charge in [-0.1, -0.05) is 18.6 Å². The third kappa shape index (κ3) is 6.37. The lowest BCUT2D eigenvalue weighted by molar-refractivity contribution is -0.116. The van der Waals surface area contributed by atoms with Gasteiger partial charge in [-0.25, -0.2) is 16.8 Å². The molecule has 1 N–H and O–H groups in total. The smallest absolute Gasteiger partial charge is 0.243 e. The van der Waals surface area contributed by atoms with Gasteiger partial charge < -0.3 is 5.32 Å². The predicted molar refractivity (Wildman–Crippen MR) is 135 cm³/mol. The van der Waals surface area contributed by atoms with Gasteiger partial charge in [-0.3, -0.25) is 9.10 Å². The van der Waals surface area contributed by atoms with Crippen LogP contribution in [-0.2, 0) is 24.8 Å². The number of carbonyl (C=O) groups is 1. The lowest BCUT2D eigenvalue weighted by atomic mass is 10.1. The van der Waals surface area contributed by atoms with Crippen molar-refractivity contribution in [3.8, 4) is 0 Å². The molecule has 1 fully saturated rings. The van der Waals surface area contributed by atoms with Crippen molar-refractivity contribution in [1.29, 1.82) is 0 Å². The summed E-state index contributed by atoms with van der Waals surface area (Å²) in [6.07, 6.45) is 4.41. The highest BCUT2D eigenvalue weighted by molar-refractivity contribution is 7.92. The fourth-order valence-corrected chi connectivity index (χ4v) is 6.57. The maximum Gasteiger partial charge on any atom is 0.243 e. The van der Waals surface area contributed by atoms with E-state index in [4.69, 9.17) is 0 Å². The van der Waals surface area contributed by atoms with Gasteiger partial charge in [0.05, 0.1) is 16.8 Å². The second-order valence-electron chi connectivity index (χ2n) is 8.70. The van der Waals surface area contributed by atoms with E-state index in [0.717, 1.165) is 36.6 Å². The first kappa shape index (κ1) is 26.2. The molecule has 3 rings (SSSR count). The van der Waals surface area contributed by atoms with Crippen LogP contribution in [0.1, 0.15) is 43.2 Å². The largest absolute Gasteiger partial charge is 0.326 e. The number of sulfonamides is 2. The maximum atomic E-state index is 12.8. The summed E-state index contributed by atoms with van der Waals surface area (Å²) in [7, 11) is -7.02. The minimum atomic E-state index is -3.52. The molecular weight excluding hydrogens is 474 g/mol. The van der Waals surface area contributed by atoms with E-state index in [-0.39, 0.29) is 23.8 Å². The first-order valence-corrected chi connectivity index (χ1v) is 14.7. The van der Waals surface area contributed by atoms with Crippen molar-refractivity contribution in [2.24, 2.45) is 0 Å². The molecule has 0 unspecified atom stereocenters. The Hall–Kier alpha value is -2.43. The van der Waals surface area contributed by atoms with E-state index in [1.807, 2.05) is 26.0 Å². The molecule has 1 amide bonds. The fourth-order valence-electron chi connectivity index (χ4n) is 4.04. The predicted octanol–water partition coefficient (Wildman–Crippen LogP) is 3.66. The maximum absolute atomic E-state index is 12.8. The van der Waals surface area contributed by atoms with Gasteiger partial charge in [0, 0.05) is 31.7 Å². The van der Waals surface area contributed by atoms with Crippen LogP contribution in [0, 0.1) is 13.8 Å². The molecule has 0 atom stereocenters. The molecule has 8 nitrogen and oxygen atoms in total. The van der Waals surface area contributed by atoms with Crippen molar-refractivity contribution in [1.82, 2.24) is 4.31 Å². The molecule has 1 heterocycles. The number of anilines is 2. The molecule has 0 aromatic heterocycles. The zero-order valence-corrected chi connectivity index (χ0v) is 21.6. The van der Waals surface area contributed by atoms with E-state index in [0.29, 0.717) is 30.9 Å². The number of piperidine rings is 1.